The van der Waals surface area contributed by atoms with Gasteiger partial charge in [0.15, 0.2) is 0 Å². The average Bonchev–Trinajstić information content (AvgIpc) is 2.84. The molecule has 2 heterocycles. The molecule has 1 atom stereocenters. The summed E-state index contributed by atoms with van der Waals surface area (Å²) in [6.45, 7) is 8.21. The molecule has 2 aliphatic rings. The van der Waals surface area contributed by atoms with Crippen LogP contribution < -0.4 is 0 Å². The lowest BCUT2D eigenvalue weighted by atomic mass is 9.80. The van der Waals surface area contributed by atoms with E-state index in [2.05, 4.69) is 34.5 Å². The first kappa shape index (κ1) is 14.1. The second-order valence-corrected chi connectivity index (χ2v) is 6.58. The minimum atomic E-state index is 0.485. The van der Waals surface area contributed by atoms with Gasteiger partial charge in [0.25, 0.3) is 0 Å². The van der Waals surface area contributed by atoms with Gasteiger partial charge in [-0.3, -0.25) is 4.90 Å². The van der Waals surface area contributed by atoms with Gasteiger partial charge in [0, 0.05) is 31.0 Å². The maximum Gasteiger partial charge on any atom is 0.123 e. The predicted octanol–water partition coefficient (Wildman–Crippen LogP) is 2.86. The molecule has 1 aliphatic carbocycles. The summed E-state index contributed by atoms with van der Waals surface area (Å²) in [5.74, 6) is 2.13. The molecule has 0 radical (unpaired) electrons. The number of aromatic nitrogens is 2. The molecule has 2 fully saturated rings. The van der Waals surface area contributed by atoms with Gasteiger partial charge in [-0.25, -0.2) is 4.98 Å². The zero-order valence-corrected chi connectivity index (χ0v) is 12.8. The number of ether oxygens (including phenoxy) is 1. The Morgan fingerprint density at radius 2 is 2.25 bits per heavy atom. The van der Waals surface area contributed by atoms with Crippen LogP contribution >= 0.6 is 0 Å². The third-order valence-corrected chi connectivity index (χ3v) is 4.83. The third-order valence-electron chi connectivity index (χ3n) is 4.83. The zero-order chi connectivity index (χ0) is 13.9. The van der Waals surface area contributed by atoms with E-state index in [0.717, 1.165) is 32.2 Å². The fraction of sp³-hybridized carbons (Fsp3) is 0.812. The Labute approximate surface area is 122 Å². The van der Waals surface area contributed by atoms with Gasteiger partial charge in [0.2, 0.25) is 0 Å². The van der Waals surface area contributed by atoms with Gasteiger partial charge >= 0.3 is 0 Å². The number of hydrogen-bond donors (Lipinski definition) is 0. The quantitative estimate of drug-likeness (QED) is 0.829. The van der Waals surface area contributed by atoms with Gasteiger partial charge in [-0.15, -0.1) is 0 Å². The Morgan fingerprint density at radius 1 is 1.40 bits per heavy atom. The van der Waals surface area contributed by atoms with Gasteiger partial charge in [0.05, 0.1) is 19.8 Å². The van der Waals surface area contributed by atoms with Crippen molar-refractivity contribution in [1.82, 2.24) is 14.5 Å². The Balaban J connectivity index is 1.64. The molecule has 1 saturated heterocycles. The summed E-state index contributed by atoms with van der Waals surface area (Å²) >= 11 is 0. The van der Waals surface area contributed by atoms with Crippen molar-refractivity contribution in [2.24, 2.45) is 5.92 Å². The smallest absolute Gasteiger partial charge is 0.123 e. The molecule has 20 heavy (non-hydrogen) atoms. The number of morpholine rings is 1. The Bertz CT molecular complexity index is 425. The van der Waals surface area contributed by atoms with Crippen molar-refractivity contribution in [3.05, 3.63) is 18.2 Å². The first-order valence-corrected chi connectivity index (χ1v) is 8.07. The minimum Gasteiger partial charge on any atom is -0.378 e. The molecule has 1 aliphatic heterocycles. The normalized spacial score (nSPS) is 25.1. The molecule has 0 N–H and O–H groups in total. The van der Waals surface area contributed by atoms with E-state index in [1.54, 1.807) is 0 Å². The molecule has 4 heteroatoms. The van der Waals surface area contributed by atoms with E-state index in [1.807, 2.05) is 6.20 Å². The lowest BCUT2D eigenvalue weighted by Gasteiger charge is -2.39. The van der Waals surface area contributed by atoms with Crippen LogP contribution in [0.5, 0.6) is 0 Å². The van der Waals surface area contributed by atoms with Gasteiger partial charge in [-0.05, 0) is 26.2 Å². The summed E-state index contributed by atoms with van der Waals surface area (Å²) in [6.07, 6.45) is 9.60. The molecular formula is C16H27N3O. The molecule has 0 aromatic carbocycles. The topological polar surface area (TPSA) is 30.3 Å². The van der Waals surface area contributed by atoms with Crippen LogP contribution in [-0.4, -0.2) is 40.3 Å². The molecule has 0 amide bonds. The summed E-state index contributed by atoms with van der Waals surface area (Å²) < 4.78 is 8.00. The third kappa shape index (κ3) is 3.07. The molecule has 1 aromatic rings. The molecule has 112 valence electrons. The molecule has 1 unspecified atom stereocenters. The molecule has 1 saturated carbocycles. The number of nitrogens with zero attached hydrogens (tertiary/aromatic N) is 3. The second kappa shape index (κ2) is 6.27. The molecule has 0 bridgehead atoms. The van der Waals surface area contributed by atoms with E-state index in [4.69, 9.17) is 4.74 Å². The Kier molecular flexibility index (Phi) is 4.41. The molecule has 3 rings (SSSR count). The largest absolute Gasteiger partial charge is 0.378 e. The van der Waals surface area contributed by atoms with Crippen LogP contribution in [0.3, 0.4) is 0 Å². The van der Waals surface area contributed by atoms with E-state index < -0.39 is 0 Å². The van der Waals surface area contributed by atoms with Crippen molar-refractivity contribution in [3.63, 3.8) is 0 Å². The van der Waals surface area contributed by atoms with Crippen LogP contribution in [0.15, 0.2) is 12.4 Å². The minimum absolute atomic E-state index is 0.485. The first-order valence-electron chi connectivity index (χ1n) is 8.07. The van der Waals surface area contributed by atoms with E-state index in [1.165, 1.54) is 31.5 Å². The van der Waals surface area contributed by atoms with E-state index in [-0.39, 0.29) is 0 Å². The summed E-state index contributed by atoms with van der Waals surface area (Å²) in [4.78, 5) is 7.15. The van der Waals surface area contributed by atoms with Crippen molar-refractivity contribution in [3.8, 4) is 0 Å². The van der Waals surface area contributed by atoms with Crippen LogP contribution in [0.25, 0.3) is 0 Å². The summed E-state index contributed by atoms with van der Waals surface area (Å²) in [6, 6.07) is 1.07. The van der Waals surface area contributed by atoms with Gasteiger partial charge < -0.3 is 9.30 Å². The second-order valence-electron chi connectivity index (χ2n) is 6.58. The van der Waals surface area contributed by atoms with Crippen molar-refractivity contribution in [2.75, 3.05) is 19.8 Å². The maximum atomic E-state index is 5.71. The fourth-order valence-corrected chi connectivity index (χ4v) is 3.35. The Morgan fingerprint density at radius 3 is 2.95 bits per heavy atom. The highest BCUT2D eigenvalue weighted by atomic mass is 16.5. The average molecular weight is 277 g/mol. The predicted molar refractivity (Wildman–Crippen MR) is 79.6 cm³/mol. The fourth-order valence-electron chi connectivity index (χ4n) is 3.35. The van der Waals surface area contributed by atoms with Crippen molar-refractivity contribution in [1.29, 1.82) is 0 Å². The maximum absolute atomic E-state index is 5.71. The molecular weight excluding hydrogens is 250 g/mol. The van der Waals surface area contributed by atoms with E-state index in [0.29, 0.717) is 12.1 Å². The highest BCUT2D eigenvalue weighted by molar-refractivity contribution is 4.96. The summed E-state index contributed by atoms with van der Waals surface area (Å²) in [7, 11) is 0. The number of imidazole rings is 1. The van der Waals surface area contributed by atoms with E-state index in [9.17, 15) is 0 Å². The molecule has 1 aromatic heterocycles. The van der Waals surface area contributed by atoms with E-state index >= 15 is 0 Å². The van der Waals surface area contributed by atoms with Crippen molar-refractivity contribution >= 4 is 0 Å². The van der Waals surface area contributed by atoms with Crippen LogP contribution in [0.1, 0.15) is 51.4 Å². The van der Waals surface area contributed by atoms with Crippen LogP contribution in [-0.2, 0) is 11.3 Å². The van der Waals surface area contributed by atoms with Gasteiger partial charge in [-0.1, -0.05) is 19.3 Å². The highest BCUT2D eigenvalue weighted by Gasteiger charge is 2.29. The number of rotatable bonds is 5. The van der Waals surface area contributed by atoms with Crippen LogP contribution in [0.2, 0.25) is 0 Å². The van der Waals surface area contributed by atoms with Crippen molar-refractivity contribution in [2.45, 2.75) is 58.2 Å². The number of hydrogen-bond acceptors (Lipinski definition) is 3. The van der Waals surface area contributed by atoms with Gasteiger partial charge in [-0.2, -0.15) is 0 Å². The summed E-state index contributed by atoms with van der Waals surface area (Å²) in [5.41, 5.74) is 0. The summed E-state index contributed by atoms with van der Waals surface area (Å²) in [5, 5.41) is 0. The first-order chi connectivity index (χ1) is 9.74. The lowest BCUT2D eigenvalue weighted by molar-refractivity contribution is -0.0260. The van der Waals surface area contributed by atoms with Crippen LogP contribution in [0.4, 0.5) is 0 Å². The molecule has 4 nitrogen and oxygen atoms in total. The van der Waals surface area contributed by atoms with Crippen LogP contribution in [0, 0.1) is 5.92 Å². The highest BCUT2D eigenvalue weighted by Crippen LogP contribution is 2.32. The Hall–Kier alpha value is -0.870. The van der Waals surface area contributed by atoms with Gasteiger partial charge in [0.1, 0.15) is 5.82 Å². The molecule has 0 spiro atoms. The SMILES string of the molecule is CC(C)n1ccnc1CN1CCOCC1CC1CCC1. The monoisotopic (exact) mass is 277 g/mol. The standard InChI is InChI=1S/C16H27N3O/c1-13(2)19-7-6-17-16(19)11-18-8-9-20-12-15(18)10-14-4-3-5-14/h6-7,13-15H,3-5,8-12H2,1-2H3. The zero-order valence-electron chi connectivity index (χ0n) is 12.8. The van der Waals surface area contributed by atoms with Crippen molar-refractivity contribution < 1.29 is 4.74 Å². The lowest BCUT2D eigenvalue weighted by Crippen LogP contribution is -2.46.